The highest BCUT2D eigenvalue weighted by Crippen LogP contribution is 2.32. The molecule has 0 aliphatic heterocycles. The summed E-state index contributed by atoms with van der Waals surface area (Å²) in [5, 5.41) is 11.7. The first-order valence-corrected chi connectivity index (χ1v) is 7.53. The number of nitrogens with one attached hydrogen (secondary N) is 1. The number of hydrogen-bond acceptors (Lipinski definition) is 2. The van der Waals surface area contributed by atoms with E-state index in [1.807, 2.05) is 13.8 Å². The molecule has 114 valence electrons. The van der Waals surface area contributed by atoms with Crippen LogP contribution in [0, 0.1) is 22.6 Å². The molecule has 1 aromatic rings. The smallest absolute Gasteiger partial charge is 0.244 e. The molecule has 0 radical (unpaired) electrons. The number of hydrogen-bond donors (Lipinski definition) is 1. The fourth-order valence-corrected chi connectivity index (χ4v) is 2.73. The summed E-state index contributed by atoms with van der Waals surface area (Å²) in [6.07, 6.45) is 2.36. The van der Waals surface area contributed by atoms with Gasteiger partial charge in [0.2, 0.25) is 5.91 Å². The Morgan fingerprint density at radius 3 is 2.14 bits per heavy atom. The summed E-state index contributed by atoms with van der Waals surface area (Å²) in [5.41, 5.74) is -0.806. The zero-order chi connectivity index (χ0) is 16.0. The van der Waals surface area contributed by atoms with Gasteiger partial charge in [0, 0.05) is 5.69 Å². The zero-order valence-corrected chi connectivity index (χ0v) is 13.5. The summed E-state index contributed by atoms with van der Waals surface area (Å²) in [6.45, 7) is 3.83. The van der Waals surface area contributed by atoms with Crippen LogP contribution in [-0.4, -0.2) is 5.91 Å². The van der Waals surface area contributed by atoms with Crippen molar-refractivity contribution in [2.75, 3.05) is 5.32 Å². The molecule has 0 unspecified atom stereocenters. The molecule has 0 aliphatic rings. The van der Waals surface area contributed by atoms with Gasteiger partial charge in [0.05, 0.1) is 16.1 Å². The van der Waals surface area contributed by atoms with Crippen LogP contribution in [0.5, 0.6) is 0 Å². The minimum absolute atomic E-state index is 0.175. The predicted molar refractivity (Wildman–Crippen MR) is 82.9 cm³/mol. The van der Waals surface area contributed by atoms with E-state index < -0.39 is 17.1 Å². The molecule has 0 saturated heterocycles. The maximum Gasteiger partial charge on any atom is 0.244 e. The van der Waals surface area contributed by atoms with Gasteiger partial charge < -0.3 is 5.32 Å². The summed E-state index contributed by atoms with van der Waals surface area (Å²) >= 11 is 11.4. The Balaban J connectivity index is 3.05. The van der Waals surface area contributed by atoms with Crippen molar-refractivity contribution in [3.8, 4) is 6.07 Å². The number of amides is 1. The highest BCUT2D eigenvalue weighted by molar-refractivity contribution is 6.35. The standard InChI is InChI=1S/C15H17Cl2FN2O/c1-3-5-15(9-19,6-4-2)14(21)20-10-7-11(16)13(18)12(17)8-10/h7-8H,3-6H2,1-2H3,(H,20,21). The lowest BCUT2D eigenvalue weighted by molar-refractivity contribution is -0.123. The molecule has 21 heavy (non-hydrogen) atoms. The SMILES string of the molecule is CCCC(C#N)(CCC)C(=O)Nc1cc(Cl)c(F)c(Cl)c1. The molecule has 0 aliphatic carbocycles. The molecule has 1 amide bonds. The Morgan fingerprint density at radius 2 is 1.76 bits per heavy atom. The van der Waals surface area contributed by atoms with Gasteiger partial charge in [0.1, 0.15) is 5.41 Å². The third-order valence-electron chi connectivity index (χ3n) is 3.24. The van der Waals surface area contributed by atoms with Crippen molar-refractivity contribution in [3.63, 3.8) is 0 Å². The lowest BCUT2D eigenvalue weighted by Gasteiger charge is -2.24. The Hall–Kier alpha value is -1.31. The molecular formula is C15H17Cl2FN2O. The summed E-state index contributed by atoms with van der Waals surface area (Å²) < 4.78 is 13.4. The normalized spacial score (nSPS) is 11.0. The molecule has 0 heterocycles. The third-order valence-corrected chi connectivity index (χ3v) is 3.79. The van der Waals surface area contributed by atoms with Crippen LogP contribution >= 0.6 is 23.2 Å². The first-order valence-electron chi connectivity index (χ1n) is 6.77. The van der Waals surface area contributed by atoms with Gasteiger partial charge in [-0.2, -0.15) is 5.26 Å². The number of anilines is 1. The zero-order valence-electron chi connectivity index (χ0n) is 12.0. The van der Waals surface area contributed by atoms with Gasteiger partial charge in [0.15, 0.2) is 5.82 Å². The molecule has 0 aromatic heterocycles. The second-order valence-corrected chi connectivity index (χ2v) is 5.72. The Kier molecular flexibility index (Phi) is 6.44. The average molecular weight is 331 g/mol. The number of halogens is 3. The maximum absolute atomic E-state index is 13.4. The lowest BCUT2D eigenvalue weighted by atomic mass is 9.79. The van der Waals surface area contributed by atoms with Crippen molar-refractivity contribution < 1.29 is 9.18 Å². The van der Waals surface area contributed by atoms with Gasteiger partial charge >= 0.3 is 0 Å². The van der Waals surface area contributed by atoms with E-state index in [0.717, 1.165) is 0 Å². The highest BCUT2D eigenvalue weighted by Gasteiger charge is 2.37. The molecule has 0 fully saturated rings. The first-order chi connectivity index (χ1) is 9.90. The lowest BCUT2D eigenvalue weighted by Crippen LogP contribution is -2.35. The van der Waals surface area contributed by atoms with Crippen LogP contribution in [0.1, 0.15) is 39.5 Å². The fourth-order valence-electron chi connectivity index (χ4n) is 2.25. The van der Waals surface area contributed by atoms with E-state index in [9.17, 15) is 14.4 Å². The molecule has 0 bridgehead atoms. The van der Waals surface area contributed by atoms with Gasteiger partial charge in [-0.25, -0.2) is 4.39 Å². The molecule has 6 heteroatoms. The van der Waals surface area contributed by atoms with Gasteiger partial charge in [-0.3, -0.25) is 4.79 Å². The van der Waals surface area contributed by atoms with Crippen LogP contribution in [0.15, 0.2) is 12.1 Å². The molecule has 1 aromatic carbocycles. The summed E-state index contributed by atoms with van der Waals surface area (Å²) in [7, 11) is 0. The second-order valence-electron chi connectivity index (χ2n) is 4.90. The van der Waals surface area contributed by atoms with Crippen LogP contribution in [0.4, 0.5) is 10.1 Å². The van der Waals surface area contributed by atoms with Gasteiger partial charge in [-0.15, -0.1) is 0 Å². The topological polar surface area (TPSA) is 52.9 Å². The minimum Gasteiger partial charge on any atom is -0.325 e. The number of carbonyl (C=O) groups is 1. The van der Waals surface area contributed by atoms with Crippen molar-refractivity contribution in [2.45, 2.75) is 39.5 Å². The van der Waals surface area contributed by atoms with Gasteiger partial charge in [-0.05, 0) is 25.0 Å². The maximum atomic E-state index is 13.4. The first kappa shape index (κ1) is 17.7. The van der Waals surface area contributed by atoms with Gasteiger partial charge in [0.25, 0.3) is 0 Å². The minimum atomic E-state index is -1.09. The molecule has 1 rings (SSSR count). The van der Waals surface area contributed by atoms with E-state index in [0.29, 0.717) is 25.7 Å². The Bertz CT molecular complexity index is 540. The number of carbonyl (C=O) groups excluding carboxylic acids is 1. The van der Waals surface area contributed by atoms with Crippen LogP contribution in [-0.2, 0) is 4.79 Å². The van der Waals surface area contributed by atoms with E-state index >= 15 is 0 Å². The molecular weight excluding hydrogens is 314 g/mol. The number of nitrogens with zero attached hydrogens (tertiary/aromatic N) is 1. The molecule has 1 N–H and O–H groups in total. The second kappa shape index (κ2) is 7.63. The largest absolute Gasteiger partial charge is 0.325 e. The van der Waals surface area contributed by atoms with Crippen molar-refractivity contribution in [1.29, 1.82) is 5.26 Å². The predicted octanol–water partition coefficient (Wildman–Crippen LogP) is 5.18. The fraction of sp³-hybridized carbons (Fsp3) is 0.467. The average Bonchev–Trinajstić information content (AvgIpc) is 2.44. The number of benzene rings is 1. The van der Waals surface area contributed by atoms with Crippen LogP contribution < -0.4 is 5.32 Å². The van der Waals surface area contributed by atoms with Crippen LogP contribution in [0.2, 0.25) is 10.0 Å². The Morgan fingerprint density at radius 1 is 1.29 bits per heavy atom. The summed E-state index contributed by atoms with van der Waals surface area (Å²) in [5.74, 6) is -1.14. The number of nitriles is 1. The quantitative estimate of drug-likeness (QED) is 0.730. The van der Waals surface area contributed by atoms with E-state index in [4.69, 9.17) is 23.2 Å². The summed E-state index contributed by atoms with van der Waals surface area (Å²) in [4.78, 5) is 12.4. The molecule has 3 nitrogen and oxygen atoms in total. The van der Waals surface area contributed by atoms with Crippen molar-refractivity contribution in [1.82, 2.24) is 0 Å². The van der Waals surface area contributed by atoms with Crippen molar-refractivity contribution >= 4 is 34.8 Å². The van der Waals surface area contributed by atoms with E-state index in [1.54, 1.807) is 0 Å². The third kappa shape index (κ3) is 4.09. The number of rotatable bonds is 6. The van der Waals surface area contributed by atoms with Crippen molar-refractivity contribution in [2.24, 2.45) is 5.41 Å². The molecule has 0 spiro atoms. The Labute approximate surface area is 134 Å². The highest BCUT2D eigenvalue weighted by atomic mass is 35.5. The molecule has 0 atom stereocenters. The van der Waals surface area contributed by atoms with Crippen LogP contribution in [0.25, 0.3) is 0 Å². The van der Waals surface area contributed by atoms with Crippen molar-refractivity contribution in [3.05, 3.63) is 28.0 Å². The van der Waals surface area contributed by atoms with Gasteiger partial charge in [-0.1, -0.05) is 49.9 Å². The van der Waals surface area contributed by atoms with E-state index in [2.05, 4.69) is 11.4 Å². The van der Waals surface area contributed by atoms with E-state index in [-0.39, 0.29) is 15.7 Å². The summed E-state index contributed by atoms with van der Waals surface area (Å²) in [6, 6.07) is 4.68. The molecule has 0 saturated carbocycles. The van der Waals surface area contributed by atoms with E-state index in [1.165, 1.54) is 12.1 Å². The monoisotopic (exact) mass is 330 g/mol. The van der Waals surface area contributed by atoms with Crippen LogP contribution in [0.3, 0.4) is 0 Å².